The lowest BCUT2D eigenvalue weighted by atomic mass is 10.2. The molecule has 0 bridgehead atoms. The van der Waals surface area contributed by atoms with Crippen molar-refractivity contribution in [2.45, 2.75) is 6.54 Å². The first-order valence-electron chi connectivity index (χ1n) is 5.94. The molecule has 0 radical (unpaired) electrons. The normalized spacial score (nSPS) is 10.9. The third-order valence-electron chi connectivity index (χ3n) is 2.98. The van der Waals surface area contributed by atoms with E-state index >= 15 is 0 Å². The van der Waals surface area contributed by atoms with Crippen LogP contribution < -0.4 is 10.5 Å². The summed E-state index contributed by atoms with van der Waals surface area (Å²) in [5.41, 5.74) is 8.32. The Balaban J connectivity index is 2.07. The Labute approximate surface area is 123 Å². The monoisotopic (exact) mass is 333 g/mol. The highest BCUT2D eigenvalue weighted by atomic mass is 79.9. The fraction of sp³-hybridized carbons (Fsp3) is 0.154. The molecule has 0 spiro atoms. The van der Waals surface area contributed by atoms with E-state index in [1.54, 1.807) is 7.11 Å². The summed E-state index contributed by atoms with van der Waals surface area (Å²) in [5.74, 6) is 0.818. The summed E-state index contributed by atoms with van der Waals surface area (Å²) in [4.78, 5) is 12.6. The number of hydrogen-bond donors (Lipinski definition) is 1. The zero-order valence-electron chi connectivity index (χ0n) is 10.7. The molecule has 0 aliphatic carbocycles. The highest BCUT2D eigenvalue weighted by Crippen LogP contribution is 2.23. The minimum atomic E-state index is 0.390. The predicted octanol–water partition coefficient (Wildman–Crippen LogP) is 2.23. The van der Waals surface area contributed by atoms with Crippen molar-refractivity contribution < 1.29 is 4.74 Å². The van der Waals surface area contributed by atoms with E-state index < -0.39 is 0 Å². The van der Waals surface area contributed by atoms with E-state index in [1.807, 2.05) is 28.8 Å². The Morgan fingerprint density at radius 1 is 1.25 bits per heavy atom. The van der Waals surface area contributed by atoms with Crippen molar-refractivity contribution >= 4 is 33.0 Å². The lowest BCUT2D eigenvalue weighted by Gasteiger charge is -2.06. The number of halogens is 1. The molecule has 20 heavy (non-hydrogen) atoms. The van der Waals surface area contributed by atoms with E-state index in [0.29, 0.717) is 29.5 Å². The van der Waals surface area contributed by atoms with Gasteiger partial charge >= 0.3 is 0 Å². The van der Waals surface area contributed by atoms with Crippen LogP contribution in [0.15, 0.2) is 35.1 Å². The summed E-state index contributed by atoms with van der Waals surface area (Å²) in [6.07, 6.45) is 1.44. The van der Waals surface area contributed by atoms with Gasteiger partial charge in [0.25, 0.3) is 0 Å². The second kappa shape index (κ2) is 5.09. The maximum absolute atomic E-state index is 5.97. The maximum Gasteiger partial charge on any atom is 0.245 e. The number of methoxy groups -OCH3 is 1. The Bertz CT molecular complexity index is 753. The molecule has 2 N–H and O–H groups in total. The number of anilines is 1. The number of rotatable bonds is 3. The van der Waals surface area contributed by atoms with Crippen LogP contribution in [-0.4, -0.2) is 26.6 Å². The summed E-state index contributed by atoms with van der Waals surface area (Å²) < 4.78 is 8.04. The van der Waals surface area contributed by atoms with E-state index in [0.717, 1.165) is 10.0 Å². The van der Waals surface area contributed by atoms with Crippen LogP contribution in [0.4, 0.5) is 5.95 Å². The standard InChI is InChI=1S/C13H12BrN5O/c1-20-12-10-11(16-7-17-12)19(13(15)18-10)6-8-2-4-9(14)5-3-8/h2-5,7H,6H2,1H3,(H2,15,18). The van der Waals surface area contributed by atoms with Crippen molar-refractivity contribution in [3.63, 3.8) is 0 Å². The molecule has 0 aliphatic rings. The van der Waals surface area contributed by atoms with Gasteiger partial charge in [0.2, 0.25) is 11.8 Å². The maximum atomic E-state index is 5.97. The van der Waals surface area contributed by atoms with E-state index in [9.17, 15) is 0 Å². The topological polar surface area (TPSA) is 78.8 Å². The number of hydrogen-bond acceptors (Lipinski definition) is 5. The summed E-state index contributed by atoms with van der Waals surface area (Å²) in [7, 11) is 1.55. The van der Waals surface area contributed by atoms with Crippen LogP contribution in [0, 0.1) is 0 Å². The highest BCUT2D eigenvalue weighted by molar-refractivity contribution is 9.10. The van der Waals surface area contributed by atoms with Crippen molar-refractivity contribution in [2.75, 3.05) is 12.8 Å². The zero-order chi connectivity index (χ0) is 14.1. The van der Waals surface area contributed by atoms with Crippen molar-refractivity contribution in [2.24, 2.45) is 0 Å². The van der Waals surface area contributed by atoms with Crippen LogP contribution in [0.2, 0.25) is 0 Å². The smallest absolute Gasteiger partial charge is 0.245 e. The number of fused-ring (bicyclic) bond motifs is 1. The number of nitrogens with two attached hydrogens (primary N) is 1. The van der Waals surface area contributed by atoms with Crippen molar-refractivity contribution in [3.8, 4) is 5.88 Å². The molecule has 2 heterocycles. The van der Waals surface area contributed by atoms with Crippen LogP contribution in [0.3, 0.4) is 0 Å². The van der Waals surface area contributed by atoms with E-state index in [-0.39, 0.29) is 0 Å². The summed E-state index contributed by atoms with van der Waals surface area (Å²) in [6.45, 7) is 0.593. The second-order valence-corrected chi connectivity index (χ2v) is 5.15. The lowest BCUT2D eigenvalue weighted by Crippen LogP contribution is -2.05. The van der Waals surface area contributed by atoms with Crippen LogP contribution in [0.5, 0.6) is 5.88 Å². The SMILES string of the molecule is COc1ncnc2c1nc(N)n2Cc1ccc(Br)cc1. The predicted molar refractivity (Wildman–Crippen MR) is 79.5 cm³/mol. The number of nitrogen functional groups attached to an aromatic ring is 1. The molecule has 102 valence electrons. The summed E-state index contributed by atoms with van der Waals surface area (Å²) in [5, 5.41) is 0. The quantitative estimate of drug-likeness (QED) is 0.795. The highest BCUT2D eigenvalue weighted by Gasteiger charge is 2.14. The average Bonchev–Trinajstić information content (AvgIpc) is 2.77. The van der Waals surface area contributed by atoms with Crippen LogP contribution in [-0.2, 0) is 6.54 Å². The molecule has 0 atom stereocenters. The molecule has 0 unspecified atom stereocenters. The van der Waals surface area contributed by atoms with Crippen LogP contribution >= 0.6 is 15.9 Å². The van der Waals surface area contributed by atoms with E-state index in [4.69, 9.17) is 10.5 Å². The Morgan fingerprint density at radius 2 is 2.00 bits per heavy atom. The van der Waals surface area contributed by atoms with Crippen molar-refractivity contribution in [3.05, 3.63) is 40.6 Å². The molecular formula is C13H12BrN5O. The Kier molecular flexibility index (Phi) is 3.27. The van der Waals surface area contributed by atoms with Gasteiger partial charge in [0.15, 0.2) is 11.2 Å². The average molecular weight is 334 g/mol. The fourth-order valence-electron chi connectivity index (χ4n) is 2.01. The van der Waals surface area contributed by atoms with Gasteiger partial charge in [-0.1, -0.05) is 28.1 Å². The van der Waals surface area contributed by atoms with Crippen molar-refractivity contribution in [1.82, 2.24) is 19.5 Å². The van der Waals surface area contributed by atoms with Crippen molar-refractivity contribution in [1.29, 1.82) is 0 Å². The largest absolute Gasteiger partial charge is 0.479 e. The van der Waals surface area contributed by atoms with Crippen LogP contribution in [0.25, 0.3) is 11.2 Å². The molecule has 6 nitrogen and oxygen atoms in total. The summed E-state index contributed by atoms with van der Waals surface area (Å²) in [6, 6.07) is 8.02. The second-order valence-electron chi connectivity index (χ2n) is 4.24. The number of benzene rings is 1. The molecule has 7 heteroatoms. The molecule has 1 aromatic carbocycles. The number of ether oxygens (including phenoxy) is 1. The van der Waals surface area contributed by atoms with Gasteiger partial charge in [-0.05, 0) is 17.7 Å². The van der Waals surface area contributed by atoms with Gasteiger partial charge in [0.1, 0.15) is 6.33 Å². The zero-order valence-corrected chi connectivity index (χ0v) is 12.3. The Hall–Kier alpha value is -2.15. The van der Waals surface area contributed by atoms with E-state index in [1.165, 1.54) is 6.33 Å². The molecule has 3 aromatic rings. The first-order valence-corrected chi connectivity index (χ1v) is 6.73. The van der Waals surface area contributed by atoms with Gasteiger partial charge in [0.05, 0.1) is 13.7 Å². The van der Waals surface area contributed by atoms with Gasteiger partial charge < -0.3 is 10.5 Å². The third-order valence-corrected chi connectivity index (χ3v) is 3.50. The molecule has 2 aromatic heterocycles. The molecule has 0 saturated carbocycles. The number of imidazole rings is 1. The molecular weight excluding hydrogens is 322 g/mol. The van der Waals surface area contributed by atoms with Gasteiger partial charge in [0, 0.05) is 4.47 Å². The molecule has 3 rings (SSSR count). The lowest BCUT2D eigenvalue weighted by molar-refractivity contribution is 0.401. The summed E-state index contributed by atoms with van der Waals surface area (Å²) >= 11 is 3.42. The van der Waals surface area contributed by atoms with Gasteiger partial charge in [-0.15, -0.1) is 0 Å². The molecule has 0 fully saturated rings. The van der Waals surface area contributed by atoms with E-state index in [2.05, 4.69) is 30.9 Å². The first kappa shape index (κ1) is 12.9. The minimum Gasteiger partial charge on any atom is -0.479 e. The van der Waals surface area contributed by atoms with Crippen LogP contribution in [0.1, 0.15) is 5.56 Å². The minimum absolute atomic E-state index is 0.390. The fourth-order valence-corrected chi connectivity index (χ4v) is 2.27. The number of aromatic nitrogens is 4. The number of nitrogens with zero attached hydrogens (tertiary/aromatic N) is 4. The molecule has 0 amide bonds. The Morgan fingerprint density at radius 3 is 2.70 bits per heavy atom. The van der Waals surface area contributed by atoms with Gasteiger partial charge in [-0.25, -0.2) is 9.97 Å². The molecule has 0 aliphatic heterocycles. The van der Waals surface area contributed by atoms with Gasteiger partial charge in [-0.2, -0.15) is 4.98 Å². The third kappa shape index (κ3) is 2.20. The van der Waals surface area contributed by atoms with Gasteiger partial charge in [-0.3, -0.25) is 4.57 Å². The first-order chi connectivity index (χ1) is 9.69. The molecule has 0 saturated heterocycles.